The van der Waals surface area contributed by atoms with Crippen LogP contribution in [0, 0.1) is 5.92 Å². The van der Waals surface area contributed by atoms with Gasteiger partial charge in [0.1, 0.15) is 11.5 Å². The van der Waals surface area contributed by atoms with Crippen molar-refractivity contribution >= 4 is 17.2 Å². The van der Waals surface area contributed by atoms with E-state index in [4.69, 9.17) is 4.98 Å². The highest BCUT2D eigenvalue weighted by atomic mass is 32.1. The molecule has 0 aromatic carbocycles. The number of aromatic amines is 1. The molecule has 7 nitrogen and oxygen atoms in total. The standard InChI is InChI=1S/C23H31N5O2S/c1-15-2-4-17(5-3-15)28-11-8-19-18(12-28)22(29)26-21(25-19)16-6-9-27(10-7-16)23(30)20-13-31-14-24-20/h13-17H,2-12H2,1H3,(H,25,26,29). The number of rotatable bonds is 3. The molecule has 2 aliphatic heterocycles. The Balaban J connectivity index is 1.24. The maximum atomic E-state index is 12.9. The Morgan fingerprint density at radius 3 is 2.61 bits per heavy atom. The van der Waals surface area contributed by atoms with E-state index in [1.165, 1.54) is 37.0 Å². The topological polar surface area (TPSA) is 82.2 Å². The molecule has 1 N–H and O–H groups in total. The first-order valence-corrected chi connectivity index (χ1v) is 12.6. The molecule has 2 fully saturated rings. The number of carbonyl (C=O) groups excluding carboxylic acids is 1. The molecule has 8 heteroatoms. The molecule has 166 valence electrons. The van der Waals surface area contributed by atoms with Crippen LogP contribution in [0.2, 0.25) is 0 Å². The molecule has 3 aliphatic rings. The molecule has 0 bridgehead atoms. The van der Waals surface area contributed by atoms with E-state index < -0.39 is 0 Å². The first-order chi connectivity index (χ1) is 15.1. The zero-order valence-corrected chi connectivity index (χ0v) is 19.0. The average Bonchev–Trinajstić information content (AvgIpc) is 3.34. The van der Waals surface area contributed by atoms with Crippen molar-refractivity contribution in [2.24, 2.45) is 5.92 Å². The van der Waals surface area contributed by atoms with Gasteiger partial charge in [-0.15, -0.1) is 11.3 Å². The zero-order chi connectivity index (χ0) is 21.4. The van der Waals surface area contributed by atoms with Gasteiger partial charge in [0.2, 0.25) is 0 Å². The van der Waals surface area contributed by atoms with Crippen molar-refractivity contribution in [3.05, 3.63) is 44.0 Å². The van der Waals surface area contributed by atoms with Gasteiger partial charge in [-0.1, -0.05) is 6.92 Å². The SMILES string of the molecule is CC1CCC(N2CCc3nc(C4CCN(C(=O)c5cscn5)CC4)[nH]c(=O)c3C2)CC1. The highest BCUT2D eigenvalue weighted by molar-refractivity contribution is 7.07. The van der Waals surface area contributed by atoms with Crippen molar-refractivity contribution in [3.8, 4) is 0 Å². The number of carbonyl (C=O) groups is 1. The summed E-state index contributed by atoms with van der Waals surface area (Å²) in [4.78, 5) is 42.0. The number of piperidine rings is 1. The van der Waals surface area contributed by atoms with Crippen molar-refractivity contribution < 1.29 is 4.79 Å². The number of hydrogen-bond acceptors (Lipinski definition) is 6. The predicted octanol–water partition coefficient (Wildman–Crippen LogP) is 3.18. The summed E-state index contributed by atoms with van der Waals surface area (Å²) in [5.74, 6) is 1.85. The number of amides is 1. The summed E-state index contributed by atoms with van der Waals surface area (Å²) >= 11 is 1.44. The first kappa shape index (κ1) is 20.8. The maximum absolute atomic E-state index is 12.9. The van der Waals surface area contributed by atoms with E-state index in [1.54, 1.807) is 10.9 Å². The molecule has 5 rings (SSSR count). The summed E-state index contributed by atoms with van der Waals surface area (Å²) in [5, 5.41) is 1.80. The lowest BCUT2D eigenvalue weighted by molar-refractivity contribution is 0.0705. The van der Waals surface area contributed by atoms with Crippen LogP contribution in [0.3, 0.4) is 0 Å². The van der Waals surface area contributed by atoms with Gasteiger partial charge >= 0.3 is 0 Å². The Kier molecular flexibility index (Phi) is 5.93. The predicted molar refractivity (Wildman–Crippen MR) is 120 cm³/mol. The van der Waals surface area contributed by atoms with E-state index in [-0.39, 0.29) is 17.4 Å². The van der Waals surface area contributed by atoms with Gasteiger partial charge in [0.05, 0.1) is 16.8 Å². The molecule has 4 heterocycles. The van der Waals surface area contributed by atoms with Crippen LogP contribution in [0.25, 0.3) is 0 Å². The lowest BCUT2D eigenvalue weighted by Crippen LogP contribution is -2.44. The number of hydrogen-bond donors (Lipinski definition) is 1. The van der Waals surface area contributed by atoms with Crippen molar-refractivity contribution in [1.29, 1.82) is 0 Å². The highest BCUT2D eigenvalue weighted by Crippen LogP contribution is 2.31. The van der Waals surface area contributed by atoms with Crippen LogP contribution in [0.5, 0.6) is 0 Å². The molecule has 0 unspecified atom stereocenters. The maximum Gasteiger partial charge on any atom is 0.273 e. The van der Waals surface area contributed by atoms with Crippen LogP contribution in [0.15, 0.2) is 15.7 Å². The lowest BCUT2D eigenvalue weighted by atomic mass is 9.86. The van der Waals surface area contributed by atoms with Crippen LogP contribution in [-0.2, 0) is 13.0 Å². The number of nitrogens with one attached hydrogen (secondary N) is 1. The fraction of sp³-hybridized carbons (Fsp3) is 0.652. The second-order valence-electron chi connectivity index (χ2n) is 9.45. The molecule has 1 saturated carbocycles. The third-order valence-electron chi connectivity index (χ3n) is 7.44. The van der Waals surface area contributed by atoms with Crippen LogP contribution in [0.4, 0.5) is 0 Å². The summed E-state index contributed by atoms with van der Waals surface area (Å²) in [5.41, 5.74) is 4.11. The molecular formula is C23H31N5O2S. The minimum Gasteiger partial charge on any atom is -0.337 e. The molecule has 0 atom stereocenters. The van der Waals surface area contributed by atoms with E-state index in [0.29, 0.717) is 24.8 Å². The molecule has 2 aromatic rings. The highest BCUT2D eigenvalue weighted by Gasteiger charge is 2.31. The zero-order valence-electron chi connectivity index (χ0n) is 18.2. The average molecular weight is 442 g/mol. The van der Waals surface area contributed by atoms with Crippen molar-refractivity contribution in [2.75, 3.05) is 19.6 Å². The van der Waals surface area contributed by atoms with E-state index in [0.717, 1.165) is 55.4 Å². The fourth-order valence-corrected chi connectivity index (χ4v) is 5.94. The van der Waals surface area contributed by atoms with E-state index in [1.807, 2.05) is 4.90 Å². The molecule has 0 spiro atoms. The van der Waals surface area contributed by atoms with Gasteiger partial charge in [-0.25, -0.2) is 9.97 Å². The summed E-state index contributed by atoms with van der Waals surface area (Å²) in [7, 11) is 0. The normalized spacial score (nSPS) is 25.4. The lowest BCUT2D eigenvalue weighted by Gasteiger charge is -2.38. The second-order valence-corrected chi connectivity index (χ2v) is 10.2. The summed E-state index contributed by atoms with van der Waals surface area (Å²) in [6.45, 7) is 5.43. The fourth-order valence-electron chi connectivity index (χ4n) is 5.41. The van der Waals surface area contributed by atoms with Crippen molar-refractivity contribution in [3.63, 3.8) is 0 Å². The molecule has 31 heavy (non-hydrogen) atoms. The first-order valence-electron chi connectivity index (χ1n) is 11.6. The molecule has 0 radical (unpaired) electrons. The van der Waals surface area contributed by atoms with E-state index >= 15 is 0 Å². The number of thiazole rings is 1. The van der Waals surface area contributed by atoms with Crippen LogP contribution in [-0.4, -0.2) is 56.3 Å². The number of fused-ring (bicyclic) bond motifs is 1. The number of nitrogens with zero attached hydrogens (tertiary/aromatic N) is 4. The Morgan fingerprint density at radius 2 is 1.90 bits per heavy atom. The molecule has 1 aliphatic carbocycles. The summed E-state index contributed by atoms with van der Waals surface area (Å²) in [6, 6.07) is 0.614. The van der Waals surface area contributed by atoms with Gasteiger partial charge in [-0.3, -0.25) is 14.5 Å². The van der Waals surface area contributed by atoms with Crippen LogP contribution in [0.1, 0.15) is 78.9 Å². The monoisotopic (exact) mass is 441 g/mol. The summed E-state index contributed by atoms with van der Waals surface area (Å²) < 4.78 is 0. The molecule has 1 amide bonds. The number of H-pyrrole nitrogens is 1. The Morgan fingerprint density at radius 1 is 1.13 bits per heavy atom. The van der Waals surface area contributed by atoms with Gasteiger partial charge in [0.15, 0.2) is 0 Å². The quantitative estimate of drug-likeness (QED) is 0.791. The smallest absolute Gasteiger partial charge is 0.273 e. The van der Waals surface area contributed by atoms with Gasteiger partial charge < -0.3 is 9.88 Å². The minimum atomic E-state index is 0.00351. The van der Waals surface area contributed by atoms with Crippen molar-refractivity contribution in [1.82, 2.24) is 24.8 Å². The van der Waals surface area contributed by atoms with Gasteiger partial charge in [-0.2, -0.15) is 0 Å². The number of likely N-dealkylation sites (tertiary alicyclic amines) is 1. The Hall–Kier alpha value is -2.06. The molecule has 2 aromatic heterocycles. The van der Waals surface area contributed by atoms with Gasteiger partial charge in [0.25, 0.3) is 11.5 Å². The second kappa shape index (κ2) is 8.82. The third-order valence-corrected chi connectivity index (χ3v) is 8.03. The summed E-state index contributed by atoms with van der Waals surface area (Å²) in [6.07, 6.45) is 7.60. The minimum absolute atomic E-state index is 0.00351. The largest absolute Gasteiger partial charge is 0.337 e. The van der Waals surface area contributed by atoms with Crippen molar-refractivity contribution in [2.45, 2.75) is 70.4 Å². The van der Waals surface area contributed by atoms with E-state index in [9.17, 15) is 9.59 Å². The Labute approximate surface area is 186 Å². The molecular weight excluding hydrogens is 410 g/mol. The van der Waals surface area contributed by atoms with Crippen LogP contribution >= 0.6 is 11.3 Å². The van der Waals surface area contributed by atoms with E-state index in [2.05, 4.69) is 21.8 Å². The van der Waals surface area contributed by atoms with Gasteiger partial charge in [-0.05, 0) is 44.4 Å². The molecule has 1 saturated heterocycles. The number of aromatic nitrogens is 3. The van der Waals surface area contributed by atoms with Crippen LogP contribution < -0.4 is 5.56 Å². The third kappa shape index (κ3) is 4.32. The van der Waals surface area contributed by atoms with Gasteiger partial charge in [0, 0.05) is 49.9 Å². The Bertz CT molecular complexity index is 972.